The van der Waals surface area contributed by atoms with E-state index in [1.807, 2.05) is 13.8 Å². The minimum atomic E-state index is -3.50. The number of benzene rings is 1. The predicted octanol–water partition coefficient (Wildman–Crippen LogP) is 0.332. The summed E-state index contributed by atoms with van der Waals surface area (Å²) in [6, 6.07) is 5.97. The SMILES string of the molecule is CC(C)NC(=O)CN(C)CC(=O)Nc1ccc(S(=O)(=O)N(C)C)cc1. The summed E-state index contributed by atoms with van der Waals surface area (Å²) < 4.78 is 25.1. The Hall–Kier alpha value is -1.97. The summed E-state index contributed by atoms with van der Waals surface area (Å²) in [6.07, 6.45) is 0. The molecule has 0 fully saturated rings. The average molecular weight is 370 g/mol. The van der Waals surface area contributed by atoms with Crippen LogP contribution in [0.4, 0.5) is 5.69 Å². The van der Waals surface area contributed by atoms with Gasteiger partial charge in [-0.25, -0.2) is 12.7 Å². The molecule has 0 saturated heterocycles. The summed E-state index contributed by atoms with van der Waals surface area (Å²) in [5, 5.41) is 5.43. The number of hydrogen-bond donors (Lipinski definition) is 2. The largest absolute Gasteiger partial charge is 0.353 e. The Balaban J connectivity index is 2.59. The van der Waals surface area contributed by atoms with Crippen LogP contribution in [0.5, 0.6) is 0 Å². The van der Waals surface area contributed by atoms with Crippen LogP contribution < -0.4 is 10.6 Å². The summed E-state index contributed by atoms with van der Waals surface area (Å²) in [5.41, 5.74) is 0.489. The molecular formula is C16H26N4O4S. The van der Waals surface area contributed by atoms with Crippen LogP contribution in [0.2, 0.25) is 0 Å². The number of carbonyl (C=O) groups is 2. The molecule has 0 bridgehead atoms. The summed E-state index contributed by atoms with van der Waals surface area (Å²) in [4.78, 5) is 25.4. The third-order valence-electron chi connectivity index (χ3n) is 3.19. The molecule has 0 aliphatic carbocycles. The van der Waals surface area contributed by atoms with Crippen LogP contribution in [-0.4, -0.2) is 69.7 Å². The minimum Gasteiger partial charge on any atom is -0.353 e. The van der Waals surface area contributed by atoms with Gasteiger partial charge >= 0.3 is 0 Å². The van der Waals surface area contributed by atoms with E-state index in [1.54, 1.807) is 11.9 Å². The molecule has 8 nitrogen and oxygen atoms in total. The molecule has 2 amide bonds. The van der Waals surface area contributed by atoms with E-state index in [2.05, 4.69) is 10.6 Å². The maximum Gasteiger partial charge on any atom is 0.242 e. The van der Waals surface area contributed by atoms with Crippen molar-refractivity contribution in [3.63, 3.8) is 0 Å². The minimum absolute atomic E-state index is 0.0449. The standard InChI is InChI=1S/C16H26N4O4S/c1-12(2)17-15(21)10-20(5)11-16(22)18-13-6-8-14(9-7-13)25(23,24)19(3)4/h6-9,12H,10-11H2,1-5H3,(H,17,21)(H,18,22). The van der Waals surface area contributed by atoms with Gasteiger partial charge in [-0.3, -0.25) is 14.5 Å². The average Bonchev–Trinajstić information content (AvgIpc) is 2.46. The molecule has 140 valence electrons. The number of hydrogen-bond acceptors (Lipinski definition) is 5. The topological polar surface area (TPSA) is 98.8 Å². The van der Waals surface area contributed by atoms with Crippen LogP contribution in [0.3, 0.4) is 0 Å². The first kappa shape index (κ1) is 21.1. The molecule has 0 unspecified atom stereocenters. The van der Waals surface area contributed by atoms with Crippen molar-refractivity contribution >= 4 is 27.5 Å². The highest BCUT2D eigenvalue weighted by Gasteiger charge is 2.17. The molecule has 2 N–H and O–H groups in total. The number of carbonyl (C=O) groups excluding carboxylic acids is 2. The molecule has 9 heteroatoms. The van der Waals surface area contributed by atoms with Gasteiger partial charge in [-0.15, -0.1) is 0 Å². The number of nitrogens with zero attached hydrogens (tertiary/aromatic N) is 2. The predicted molar refractivity (Wildman–Crippen MR) is 96.7 cm³/mol. The van der Waals surface area contributed by atoms with Crippen LogP contribution in [0, 0.1) is 0 Å². The lowest BCUT2D eigenvalue weighted by molar-refractivity contribution is -0.123. The van der Waals surface area contributed by atoms with Gasteiger partial charge in [-0.05, 0) is 45.2 Å². The fraction of sp³-hybridized carbons (Fsp3) is 0.500. The molecule has 0 aliphatic heterocycles. The second kappa shape index (κ2) is 8.93. The Morgan fingerprint density at radius 1 is 1.00 bits per heavy atom. The first-order chi connectivity index (χ1) is 11.5. The number of likely N-dealkylation sites (N-methyl/N-ethyl adjacent to an activating group) is 1. The zero-order chi connectivity index (χ0) is 19.2. The Morgan fingerprint density at radius 3 is 2.00 bits per heavy atom. The van der Waals surface area contributed by atoms with E-state index in [4.69, 9.17) is 0 Å². The van der Waals surface area contributed by atoms with E-state index in [9.17, 15) is 18.0 Å². The Kier molecular flexibility index (Phi) is 7.53. The van der Waals surface area contributed by atoms with Gasteiger partial charge in [0.05, 0.1) is 18.0 Å². The zero-order valence-corrected chi connectivity index (χ0v) is 16.1. The van der Waals surface area contributed by atoms with Gasteiger partial charge in [-0.1, -0.05) is 0 Å². The third kappa shape index (κ3) is 6.81. The molecule has 0 aliphatic rings. The summed E-state index contributed by atoms with van der Waals surface area (Å²) >= 11 is 0. The lowest BCUT2D eigenvalue weighted by atomic mass is 10.3. The monoisotopic (exact) mass is 370 g/mol. The summed E-state index contributed by atoms with van der Waals surface area (Å²) in [5.74, 6) is -0.438. The maximum atomic E-state index is 12.0. The highest BCUT2D eigenvalue weighted by Crippen LogP contribution is 2.16. The van der Waals surface area contributed by atoms with E-state index in [0.717, 1.165) is 4.31 Å². The molecule has 1 rings (SSSR count). The molecule has 25 heavy (non-hydrogen) atoms. The first-order valence-corrected chi connectivity index (χ1v) is 9.26. The molecule has 1 aromatic rings. The van der Waals surface area contributed by atoms with Gasteiger partial charge in [-0.2, -0.15) is 0 Å². The van der Waals surface area contributed by atoms with Crippen LogP contribution in [0.1, 0.15) is 13.8 Å². The fourth-order valence-electron chi connectivity index (χ4n) is 2.04. The van der Waals surface area contributed by atoms with E-state index in [0.29, 0.717) is 5.69 Å². The number of rotatable bonds is 8. The van der Waals surface area contributed by atoms with E-state index in [1.165, 1.54) is 38.4 Å². The second-order valence-corrected chi connectivity index (χ2v) is 8.41. The molecule has 0 spiro atoms. The second-order valence-electron chi connectivity index (χ2n) is 6.25. The Labute approximate surface area is 149 Å². The number of anilines is 1. The van der Waals surface area contributed by atoms with Crippen molar-refractivity contribution < 1.29 is 18.0 Å². The molecule has 0 aromatic heterocycles. The van der Waals surface area contributed by atoms with E-state index in [-0.39, 0.29) is 35.8 Å². The van der Waals surface area contributed by atoms with Crippen molar-refractivity contribution in [2.75, 3.05) is 39.5 Å². The molecule has 0 radical (unpaired) electrons. The van der Waals surface area contributed by atoms with Crippen molar-refractivity contribution in [2.24, 2.45) is 0 Å². The molecular weight excluding hydrogens is 344 g/mol. The quantitative estimate of drug-likeness (QED) is 0.687. The van der Waals surface area contributed by atoms with Crippen LogP contribution in [-0.2, 0) is 19.6 Å². The fourth-order valence-corrected chi connectivity index (χ4v) is 2.94. The smallest absolute Gasteiger partial charge is 0.242 e. The highest BCUT2D eigenvalue weighted by molar-refractivity contribution is 7.89. The Bertz CT molecular complexity index is 699. The third-order valence-corrected chi connectivity index (χ3v) is 5.02. The van der Waals surface area contributed by atoms with Crippen LogP contribution in [0.25, 0.3) is 0 Å². The number of nitrogens with one attached hydrogen (secondary N) is 2. The highest BCUT2D eigenvalue weighted by atomic mass is 32.2. The summed E-state index contributed by atoms with van der Waals surface area (Å²) in [7, 11) is 1.09. The van der Waals surface area contributed by atoms with E-state index >= 15 is 0 Å². The normalized spacial score (nSPS) is 11.8. The maximum absolute atomic E-state index is 12.0. The number of sulfonamides is 1. The van der Waals surface area contributed by atoms with Crippen molar-refractivity contribution in [1.29, 1.82) is 0 Å². The lowest BCUT2D eigenvalue weighted by Gasteiger charge is -2.17. The van der Waals surface area contributed by atoms with Gasteiger partial charge in [0, 0.05) is 25.8 Å². The van der Waals surface area contributed by atoms with Gasteiger partial charge in [0.1, 0.15) is 0 Å². The van der Waals surface area contributed by atoms with Gasteiger partial charge in [0.2, 0.25) is 21.8 Å². The van der Waals surface area contributed by atoms with Gasteiger partial charge in [0.15, 0.2) is 0 Å². The van der Waals surface area contributed by atoms with Gasteiger partial charge in [0.25, 0.3) is 0 Å². The first-order valence-electron chi connectivity index (χ1n) is 7.82. The molecule has 0 heterocycles. The molecule has 0 atom stereocenters. The van der Waals surface area contributed by atoms with E-state index < -0.39 is 10.0 Å². The zero-order valence-electron chi connectivity index (χ0n) is 15.2. The Morgan fingerprint density at radius 2 is 1.52 bits per heavy atom. The van der Waals surface area contributed by atoms with Crippen LogP contribution >= 0.6 is 0 Å². The summed E-state index contributed by atoms with van der Waals surface area (Å²) in [6.45, 7) is 3.89. The van der Waals surface area contributed by atoms with Crippen molar-refractivity contribution in [3.8, 4) is 0 Å². The van der Waals surface area contributed by atoms with Crippen molar-refractivity contribution in [2.45, 2.75) is 24.8 Å². The van der Waals surface area contributed by atoms with Crippen molar-refractivity contribution in [3.05, 3.63) is 24.3 Å². The molecule has 1 aromatic carbocycles. The lowest BCUT2D eigenvalue weighted by Crippen LogP contribution is -2.41. The van der Waals surface area contributed by atoms with Crippen molar-refractivity contribution in [1.82, 2.24) is 14.5 Å². The number of amides is 2. The van der Waals surface area contributed by atoms with Crippen LogP contribution in [0.15, 0.2) is 29.2 Å². The van der Waals surface area contributed by atoms with Gasteiger partial charge < -0.3 is 10.6 Å². The molecule has 0 saturated carbocycles.